The second-order valence-electron chi connectivity index (χ2n) is 3.74. The molecule has 76 valence electrons. The average Bonchev–Trinajstić information content (AvgIpc) is 2.14. The first-order chi connectivity index (χ1) is 6.65. The van der Waals surface area contributed by atoms with Gasteiger partial charge in [-0.25, -0.2) is 0 Å². The molecule has 2 heterocycles. The Morgan fingerprint density at radius 3 is 2.71 bits per heavy atom. The second kappa shape index (κ2) is 3.09. The predicted molar refractivity (Wildman–Crippen MR) is 51.2 cm³/mol. The molecular formula is C9H13N3O2. The third-order valence-electron chi connectivity index (χ3n) is 2.41. The zero-order valence-corrected chi connectivity index (χ0v) is 8.28. The number of ether oxygens (including phenoxy) is 2. The van der Waals surface area contributed by atoms with Gasteiger partial charge in [-0.05, 0) is 6.92 Å². The highest BCUT2D eigenvalue weighted by atomic mass is 16.5. The molecule has 0 aromatic carbocycles. The van der Waals surface area contributed by atoms with Crippen LogP contribution in [0.15, 0.2) is 6.07 Å². The highest BCUT2D eigenvalue weighted by molar-refractivity contribution is 5.42. The highest BCUT2D eigenvalue weighted by Gasteiger charge is 2.39. The molecule has 1 aliphatic heterocycles. The van der Waals surface area contributed by atoms with Crippen molar-refractivity contribution in [1.82, 2.24) is 10.2 Å². The number of hydrogen-bond acceptors (Lipinski definition) is 5. The minimum atomic E-state index is -0.0773. The molecule has 1 fully saturated rings. The summed E-state index contributed by atoms with van der Waals surface area (Å²) in [4.78, 5) is 0. The van der Waals surface area contributed by atoms with Crippen LogP contribution in [-0.2, 0) is 10.2 Å². The molecule has 5 heteroatoms. The molecule has 0 bridgehead atoms. The lowest BCUT2D eigenvalue weighted by atomic mass is 9.84. The first-order valence-electron chi connectivity index (χ1n) is 4.41. The number of nitrogens with two attached hydrogens (primary N) is 1. The summed E-state index contributed by atoms with van der Waals surface area (Å²) in [5.74, 6) is 1.05. The third kappa shape index (κ3) is 1.29. The molecule has 0 spiro atoms. The van der Waals surface area contributed by atoms with E-state index >= 15 is 0 Å². The number of aromatic nitrogens is 2. The van der Waals surface area contributed by atoms with Crippen LogP contribution < -0.4 is 10.5 Å². The Morgan fingerprint density at radius 1 is 1.50 bits per heavy atom. The minimum Gasteiger partial charge on any atom is -0.495 e. The van der Waals surface area contributed by atoms with Crippen molar-refractivity contribution in [2.75, 3.05) is 26.1 Å². The number of hydrogen-bond donors (Lipinski definition) is 1. The van der Waals surface area contributed by atoms with Crippen molar-refractivity contribution in [1.29, 1.82) is 0 Å². The molecule has 1 aromatic heterocycles. The molecule has 1 aromatic rings. The van der Waals surface area contributed by atoms with Gasteiger partial charge in [-0.3, -0.25) is 0 Å². The average molecular weight is 195 g/mol. The van der Waals surface area contributed by atoms with E-state index in [2.05, 4.69) is 17.1 Å². The smallest absolute Gasteiger partial charge is 0.149 e. The van der Waals surface area contributed by atoms with E-state index in [-0.39, 0.29) is 5.41 Å². The lowest BCUT2D eigenvalue weighted by Gasteiger charge is -2.37. The van der Waals surface area contributed by atoms with E-state index in [1.165, 1.54) is 0 Å². The molecule has 0 atom stereocenters. The molecule has 1 aliphatic rings. The lowest BCUT2D eigenvalue weighted by Crippen LogP contribution is -2.45. The molecule has 0 amide bonds. The summed E-state index contributed by atoms with van der Waals surface area (Å²) < 4.78 is 10.4. The largest absolute Gasteiger partial charge is 0.495 e. The first-order valence-corrected chi connectivity index (χ1v) is 4.41. The Hall–Kier alpha value is -1.36. The number of methoxy groups -OCH3 is 1. The summed E-state index contributed by atoms with van der Waals surface area (Å²) in [7, 11) is 1.60. The van der Waals surface area contributed by atoms with Crippen LogP contribution in [0.4, 0.5) is 5.82 Å². The highest BCUT2D eigenvalue weighted by Crippen LogP contribution is 2.35. The zero-order valence-electron chi connectivity index (χ0n) is 8.28. The standard InChI is InChI=1S/C9H13N3O2/c1-9(4-14-5-9)8-6(13-2)3-7(10)11-12-8/h3H,4-5H2,1-2H3,(H2,10,11). The van der Waals surface area contributed by atoms with Crippen LogP contribution in [0.3, 0.4) is 0 Å². The van der Waals surface area contributed by atoms with Crippen LogP contribution in [0.25, 0.3) is 0 Å². The van der Waals surface area contributed by atoms with Gasteiger partial charge in [0.05, 0.1) is 25.7 Å². The SMILES string of the molecule is COc1cc(N)nnc1C1(C)COC1. The van der Waals surface area contributed by atoms with Gasteiger partial charge in [0.1, 0.15) is 17.3 Å². The van der Waals surface area contributed by atoms with Crippen LogP contribution in [-0.4, -0.2) is 30.5 Å². The van der Waals surface area contributed by atoms with Crippen LogP contribution in [0.5, 0.6) is 5.75 Å². The third-order valence-corrected chi connectivity index (χ3v) is 2.41. The van der Waals surface area contributed by atoms with Crippen molar-refractivity contribution in [2.45, 2.75) is 12.3 Å². The van der Waals surface area contributed by atoms with Crippen molar-refractivity contribution in [3.63, 3.8) is 0 Å². The van der Waals surface area contributed by atoms with Crippen molar-refractivity contribution in [3.05, 3.63) is 11.8 Å². The van der Waals surface area contributed by atoms with Crippen LogP contribution >= 0.6 is 0 Å². The summed E-state index contributed by atoms with van der Waals surface area (Å²) in [6, 6.07) is 1.69. The van der Waals surface area contributed by atoms with E-state index < -0.39 is 0 Å². The summed E-state index contributed by atoms with van der Waals surface area (Å²) in [5.41, 5.74) is 6.26. The van der Waals surface area contributed by atoms with Gasteiger partial charge in [-0.2, -0.15) is 0 Å². The molecule has 14 heavy (non-hydrogen) atoms. The van der Waals surface area contributed by atoms with E-state index in [0.29, 0.717) is 24.8 Å². The summed E-state index contributed by atoms with van der Waals surface area (Å²) >= 11 is 0. The Kier molecular flexibility index (Phi) is 2.03. The Bertz CT molecular complexity index is 350. The Labute approximate surface area is 82.2 Å². The monoisotopic (exact) mass is 195 g/mol. The number of nitrogens with zero attached hydrogens (tertiary/aromatic N) is 2. The predicted octanol–water partition coefficient (Wildman–Crippen LogP) is 0.355. The van der Waals surface area contributed by atoms with Crippen LogP contribution in [0.2, 0.25) is 0 Å². The summed E-state index contributed by atoms with van der Waals surface area (Å²) in [6.45, 7) is 3.38. The molecule has 1 saturated heterocycles. The minimum absolute atomic E-state index is 0.0773. The molecule has 2 rings (SSSR count). The van der Waals surface area contributed by atoms with E-state index in [4.69, 9.17) is 15.2 Å². The second-order valence-corrected chi connectivity index (χ2v) is 3.74. The summed E-state index contributed by atoms with van der Waals surface area (Å²) in [6.07, 6.45) is 0. The molecule has 5 nitrogen and oxygen atoms in total. The normalized spacial score (nSPS) is 18.7. The zero-order chi connectivity index (χ0) is 10.2. The number of nitrogen functional groups attached to an aromatic ring is 1. The van der Waals surface area contributed by atoms with Gasteiger partial charge in [0.15, 0.2) is 0 Å². The van der Waals surface area contributed by atoms with E-state index in [1.54, 1.807) is 13.2 Å². The van der Waals surface area contributed by atoms with Gasteiger partial charge in [0, 0.05) is 6.07 Å². The molecule has 0 radical (unpaired) electrons. The quantitative estimate of drug-likeness (QED) is 0.737. The van der Waals surface area contributed by atoms with Crippen molar-refractivity contribution in [3.8, 4) is 5.75 Å². The maximum absolute atomic E-state index is 5.52. The van der Waals surface area contributed by atoms with Crippen molar-refractivity contribution < 1.29 is 9.47 Å². The van der Waals surface area contributed by atoms with E-state index in [1.807, 2.05) is 0 Å². The first kappa shape index (κ1) is 9.21. The van der Waals surface area contributed by atoms with Gasteiger partial charge in [-0.15, -0.1) is 10.2 Å². The van der Waals surface area contributed by atoms with Gasteiger partial charge < -0.3 is 15.2 Å². The van der Waals surface area contributed by atoms with Crippen LogP contribution in [0.1, 0.15) is 12.6 Å². The fourth-order valence-corrected chi connectivity index (χ4v) is 1.51. The summed E-state index contributed by atoms with van der Waals surface area (Å²) in [5, 5.41) is 7.89. The Balaban J connectivity index is 2.41. The molecule has 2 N–H and O–H groups in total. The van der Waals surface area contributed by atoms with Crippen molar-refractivity contribution in [2.24, 2.45) is 0 Å². The van der Waals surface area contributed by atoms with Gasteiger partial charge >= 0.3 is 0 Å². The lowest BCUT2D eigenvalue weighted by molar-refractivity contribution is -0.0534. The van der Waals surface area contributed by atoms with Gasteiger partial charge in [-0.1, -0.05) is 0 Å². The molecular weight excluding hydrogens is 182 g/mol. The van der Waals surface area contributed by atoms with Crippen molar-refractivity contribution >= 4 is 5.82 Å². The molecule has 0 aliphatic carbocycles. The topological polar surface area (TPSA) is 70.3 Å². The molecule has 0 unspecified atom stereocenters. The maximum Gasteiger partial charge on any atom is 0.149 e. The molecule has 0 saturated carbocycles. The number of anilines is 1. The number of rotatable bonds is 2. The van der Waals surface area contributed by atoms with Gasteiger partial charge in [0.2, 0.25) is 0 Å². The van der Waals surface area contributed by atoms with Crippen LogP contribution in [0, 0.1) is 0 Å². The van der Waals surface area contributed by atoms with E-state index in [0.717, 1.165) is 5.69 Å². The van der Waals surface area contributed by atoms with E-state index in [9.17, 15) is 0 Å². The van der Waals surface area contributed by atoms with Gasteiger partial charge in [0.25, 0.3) is 0 Å². The maximum atomic E-state index is 5.52. The Morgan fingerprint density at radius 2 is 2.21 bits per heavy atom. The fraction of sp³-hybridized carbons (Fsp3) is 0.556. The fourth-order valence-electron chi connectivity index (χ4n) is 1.51.